The zero-order chi connectivity index (χ0) is 16.4. The summed E-state index contributed by atoms with van der Waals surface area (Å²) in [7, 11) is 0. The summed E-state index contributed by atoms with van der Waals surface area (Å²) < 4.78 is 15.2. The summed E-state index contributed by atoms with van der Waals surface area (Å²) in [5, 5.41) is 16.9. The quantitative estimate of drug-likeness (QED) is 0.802. The van der Waals surface area contributed by atoms with Crippen LogP contribution in [0.2, 0.25) is 0 Å². The fraction of sp³-hybridized carbons (Fsp3) is 0.118. The summed E-state index contributed by atoms with van der Waals surface area (Å²) in [6.45, 7) is 2.07. The second-order valence-corrected chi connectivity index (χ2v) is 5.07. The third-order valence-corrected chi connectivity index (χ3v) is 3.59. The number of nitrogens with zero attached hydrogens (tertiary/aromatic N) is 3. The van der Waals surface area contributed by atoms with Crippen LogP contribution in [-0.4, -0.2) is 26.1 Å². The van der Waals surface area contributed by atoms with Gasteiger partial charge in [0.25, 0.3) is 0 Å². The second-order valence-electron chi connectivity index (χ2n) is 5.07. The molecule has 3 aromatic rings. The van der Waals surface area contributed by atoms with Gasteiger partial charge in [-0.1, -0.05) is 36.4 Å². The molecule has 1 heterocycles. The molecule has 0 amide bonds. The summed E-state index contributed by atoms with van der Waals surface area (Å²) in [5.74, 6) is -1.69. The molecule has 0 fully saturated rings. The maximum Gasteiger partial charge on any atom is 0.335 e. The highest BCUT2D eigenvalue weighted by Gasteiger charge is 2.12. The van der Waals surface area contributed by atoms with E-state index in [2.05, 4.69) is 17.2 Å². The molecule has 0 saturated heterocycles. The topological polar surface area (TPSA) is 68.0 Å². The van der Waals surface area contributed by atoms with Gasteiger partial charge in [-0.3, -0.25) is 0 Å². The number of aromatic nitrogens is 3. The Kier molecular flexibility index (Phi) is 3.89. The van der Waals surface area contributed by atoms with Crippen LogP contribution in [0.3, 0.4) is 0 Å². The number of hydrogen-bond donors (Lipinski definition) is 1. The van der Waals surface area contributed by atoms with E-state index in [0.717, 1.165) is 18.1 Å². The number of halogens is 1. The van der Waals surface area contributed by atoms with Crippen LogP contribution in [0.5, 0.6) is 0 Å². The molecule has 0 atom stereocenters. The molecular weight excluding hydrogens is 297 g/mol. The van der Waals surface area contributed by atoms with Crippen molar-refractivity contribution in [1.82, 2.24) is 15.0 Å². The van der Waals surface area contributed by atoms with Gasteiger partial charge in [-0.15, -0.1) is 5.10 Å². The first-order valence-corrected chi connectivity index (χ1v) is 7.13. The molecule has 23 heavy (non-hydrogen) atoms. The summed E-state index contributed by atoms with van der Waals surface area (Å²) in [6.07, 6.45) is 2.52. The van der Waals surface area contributed by atoms with Crippen LogP contribution in [0.15, 0.2) is 48.7 Å². The average molecular weight is 311 g/mol. The molecule has 0 aliphatic rings. The molecule has 0 spiro atoms. The second kappa shape index (κ2) is 6.00. The van der Waals surface area contributed by atoms with E-state index in [4.69, 9.17) is 5.11 Å². The molecule has 116 valence electrons. The van der Waals surface area contributed by atoms with Crippen LogP contribution in [0.1, 0.15) is 22.8 Å². The fourth-order valence-electron chi connectivity index (χ4n) is 2.25. The van der Waals surface area contributed by atoms with E-state index in [1.165, 1.54) is 22.4 Å². The van der Waals surface area contributed by atoms with Crippen molar-refractivity contribution in [3.8, 4) is 16.9 Å². The Bertz CT molecular complexity index is 857. The zero-order valence-corrected chi connectivity index (χ0v) is 12.4. The first-order valence-electron chi connectivity index (χ1n) is 7.13. The van der Waals surface area contributed by atoms with Crippen LogP contribution in [-0.2, 0) is 6.42 Å². The first-order chi connectivity index (χ1) is 11.1. The number of aromatic carboxylic acids is 1. The van der Waals surface area contributed by atoms with Crippen LogP contribution in [0.25, 0.3) is 16.9 Å². The van der Waals surface area contributed by atoms with E-state index in [9.17, 15) is 9.18 Å². The fourth-order valence-corrected chi connectivity index (χ4v) is 2.25. The number of carbonyl (C=O) groups is 1. The Morgan fingerprint density at radius 1 is 1.22 bits per heavy atom. The lowest BCUT2D eigenvalue weighted by molar-refractivity contribution is 0.0697. The number of aryl methyl sites for hydroxylation is 1. The lowest BCUT2D eigenvalue weighted by Crippen LogP contribution is -2.03. The lowest BCUT2D eigenvalue weighted by Gasteiger charge is -2.03. The molecule has 2 aromatic carbocycles. The van der Waals surface area contributed by atoms with Crippen LogP contribution in [0, 0.1) is 5.82 Å². The Morgan fingerprint density at radius 2 is 1.96 bits per heavy atom. The number of rotatable bonds is 4. The third kappa shape index (κ3) is 2.96. The molecule has 0 bridgehead atoms. The normalized spacial score (nSPS) is 10.7. The maximum absolute atomic E-state index is 13.9. The lowest BCUT2D eigenvalue weighted by atomic mass is 10.1. The van der Waals surface area contributed by atoms with Crippen molar-refractivity contribution in [2.45, 2.75) is 13.3 Å². The van der Waals surface area contributed by atoms with Gasteiger partial charge in [0.2, 0.25) is 0 Å². The summed E-state index contributed by atoms with van der Waals surface area (Å²) >= 11 is 0. The third-order valence-electron chi connectivity index (χ3n) is 3.59. The van der Waals surface area contributed by atoms with Crippen molar-refractivity contribution in [3.63, 3.8) is 0 Å². The van der Waals surface area contributed by atoms with Gasteiger partial charge in [-0.2, -0.15) is 0 Å². The van der Waals surface area contributed by atoms with Crippen LogP contribution in [0.4, 0.5) is 4.39 Å². The van der Waals surface area contributed by atoms with E-state index in [1.54, 1.807) is 6.20 Å². The summed E-state index contributed by atoms with van der Waals surface area (Å²) in [6, 6.07) is 11.4. The van der Waals surface area contributed by atoms with Gasteiger partial charge in [0.1, 0.15) is 17.2 Å². The molecule has 0 unspecified atom stereocenters. The Hall–Kier alpha value is -3.02. The maximum atomic E-state index is 13.9. The van der Waals surface area contributed by atoms with E-state index in [0.29, 0.717) is 5.69 Å². The van der Waals surface area contributed by atoms with Crippen LogP contribution >= 0.6 is 0 Å². The molecule has 1 N–H and O–H groups in total. The molecule has 0 radical (unpaired) electrons. The minimum absolute atomic E-state index is 0.00857. The van der Waals surface area contributed by atoms with E-state index < -0.39 is 11.8 Å². The van der Waals surface area contributed by atoms with Crippen molar-refractivity contribution < 1.29 is 14.3 Å². The number of hydrogen-bond acceptors (Lipinski definition) is 3. The first kappa shape index (κ1) is 14.9. The van der Waals surface area contributed by atoms with E-state index in [1.807, 2.05) is 24.3 Å². The van der Waals surface area contributed by atoms with Crippen molar-refractivity contribution in [1.29, 1.82) is 0 Å². The largest absolute Gasteiger partial charge is 0.478 e. The highest BCUT2D eigenvalue weighted by molar-refractivity contribution is 5.88. The predicted octanol–water partition coefficient (Wildman–Crippen LogP) is 3.33. The van der Waals surface area contributed by atoms with Gasteiger partial charge in [0, 0.05) is 5.56 Å². The van der Waals surface area contributed by atoms with E-state index >= 15 is 0 Å². The van der Waals surface area contributed by atoms with Crippen LogP contribution < -0.4 is 0 Å². The van der Waals surface area contributed by atoms with Gasteiger partial charge in [-0.25, -0.2) is 13.9 Å². The number of carboxylic acid groups (broad SMARTS) is 1. The predicted molar refractivity (Wildman–Crippen MR) is 83.1 cm³/mol. The minimum atomic E-state index is -1.12. The van der Waals surface area contributed by atoms with Gasteiger partial charge in [0.05, 0.1) is 11.8 Å². The monoisotopic (exact) mass is 311 g/mol. The SMILES string of the molecule is CCc1ccc(-c2cn(-c3cc(C(=O)O)ccc3F)nn2)cc1. The Labute approximate surface area is 132 Å². The summed E-state index contributed by atoms with van der Waals surface area (Å²) in [5.41, 5.74) is 2.71. The molecule has 6 heteroatoms. The van der Waals surface area contributed by atoms with E-state index in [-0.39, 0.29) is 11.3 Å². The van der Waals surface area contributed by atoms with Crippen molar-refractivity contribution in [3.05, 3.63) is 65.6 Å². The van der Waals surface area contributed by atoms with Crippen molar-refractivity contribution in [2.24, 2.45) is 0 Å². The summed E-state index contributed by atoms with van der Waals surface area (Å²) in [4.78, 5) is 11.0. The van der Waals surface area contributed by atoms with Gasteiger partial charge >= 0.3 is 5.97 Å². The Morgan fingerprint density at radius 3 is 2.61 bits per heavy atom. The molecule has 3 rings (SSSR count). The molecular formula is C17H14FN3O2. The standard InChI is InChI=1S/C17H14FN3O2/c1-2-11-3-5-12(6-4-11)15-10-21(20-19-15)16-9-13(17(22)23)7-8-14(16)18/h3-10H,2H2,1H3,(H,22,23). The smallest absolute Gasteiger partial charge is 0.335 e. The number of carboxylic acids is 1. The van der Waals surface area contributed by atoms with Gasteiger partial charge in [-0.05, 0) is 30.2 Å². The average Bonchev–Trinajstić information content (AvgIpc) is 3.05. The molecule has 0 saturated carbocycles. The molecule has 1 aromatic heterocycles. The minimum Gasteiger partial charge on any atom is -0.478 e. The zero-order valence-electron chi connectivity index (χ0n) is 12.4. The molecule has 0 aliphatic carbocycles. The highest BCUT2D eigenvalue weighted by Crippen LogP contribution is 2.20. The van der Waals surface area contributed by atoms with Gasteiger partial charge < -0.3 is 5.11 Å². The number of benzene rings is 2. The molecule has 5 nitrogen and oxygen atoms in total. The highest BCUT2D eigenvalue weighted by atomic mass is 19.1. The molecule has 0 aliphatic heterocycles. The van der Waals surface area contributed by atoms with Crippen molar-refractivity contribution in [2.75, 3.05) is 0 Å². The van der Waals surface area contributed by atoms with Gasteiger partial charge in [0.15, 0.2) is 0 Å². The Balaban J connectivity index is 1.98. The van der Waals surface area contributed by atoms with Crippen molar-refractivity contribution >= 4 is 5.97 Å².